The molecule has 1 amide bonds. The molecule has 2 aromatic carbocycles. The number of thiazole rings is 1. The Kier molecular flexibility index (Phi) is 6.70. The average Bonchev–Trinajstić information content (AvgIpc) is 3.48. The van der Waals surface area contributed by atoms with Gasteiger partial charge in [-0.2, -0.15) is 0 Å². The summed E-state index contributed by atoms with van der Waals surface area (Å²) in [6.45, 7) is 3.15. The average molecular weight is 493 g/mol. The number of carbonyl (C=O) groups excluding carboxylic acids is 1. The number of hydrogen-bond acceptors (Lipinski definition) is 6. The first-order valence-corrected chi connectivity index (χ1v) is 12.4. The summed E-state index contributed by atoms with van der Waals surface area (Å²) in [6, 6.07) is 13.3. The molecule has 1 saturated heterocycles. The van der Waals surface area contributed by atoms with Crippen LogP contribution in [0, 0.1) is 12.7 Å². The van der Waals surface area contributed by atoms with E-state index in [0.29, 0.717) is 35.6 Å². The van der Waals surface area contributed by atoms with Gasteiger partial charge >= 0.3 is 0 Å². The maximum Gasteiger partial charge on any atom is 0.258 e. The number of hydrogen-bond donors (Lipinski definition) is 1. The number of para-hydroxylation sites is 1. The predicted octanol–water partition coefficient (Wildman–Crippen LogP) is 4.24. The fourth-order valence-corrected chi connectivity index (χ4v) is 5.30. The molecule has 3 heterocycles. The summed E-state index contributed by atoms with van der Waals surface area (Å²) < 4.78 is 19.2. The van der Waals surface area contributed by atoms with Crippen LogP contribution in [0.25, 0.3) is 22.2 Å². The zero-order chi connectivity index (χ0) is 24.4. The summed E-state index contributed by atoms with van der Waals surface area (Å²) in [4.78, 5) is 40.6. The third-order valence-corrected chi connectivity index (χ3v) is 7.01. The van der Waals surface area contributed by atoms with Crippen molar-refractivity contribution in [3.8, 4) is 11.3 Å². The van der Waals surface area contributed by atoms with Gasteiger partial charge < -0.3 is 14.6 Å². The van der Waals surface area contributed by atoms with E-state index in [1.165, 1.54) is 23.5 Å². The zero-order valence-electron chi connectivity index (χ0n) is 19.3. The number of carbonyl (C=O) groups is 1. The van der Waals surface area contributed by atoms with E-state index < -0.39 is 0 Å². The van der Waals surface area contributed by atoms with Crippen molar-refractivity contribution in [3.63, 3.8) is 0 Å². The molecule has 1 N–H and O–H groups in total. The molecule has 0 spiro atoms. The number of ether oxygens (including phenoxy) is 1. The largest absolute Gasteiger partial charge is 0.376 e. The molecule has 35 heavy (non-hydrogen) atoms. The number of rotatable bonds is 7. The number of halogens is 1. The lowest BCUT2D eigenvalue weighted by Gasteiger charge is -2.25. The van der Waals surface area contributed by atoms with Crippen LogP contribution < -0.4 is 5.56 Å². The lowest BCUT2D eigenvalue weighted by Crippen LogP contribution is -2.38. The second-order valence-electron chi connectivity index (χ2n) is 8.63. The van der Waals surface area contributed by atoms with Crippen molar-refractivity contribution in [2.45, 2.75) is 38.8 Å². The minimum absolute atomic E-state index is 0.0501. The van der Waals surface area contributed by atoms with E-state index in [9.17, 15) is 14.0 Å². The minimum Gasteiger partial charge on any atom is -0.376 e. The predicted molar refractivity (Wildman–Crippen MR) is 133 cm³/mol. The monoisotopic (exact) mass is 492 g/mol. The van der Waals surface area contributed by atoms with Crippen molar-refractivity contribution >= 4 is 28.1 Å². The summed E-state index contributed by atoms with van der Waals surface area (Å²) in [5, 5.41) is 1.34. The molecule has 0 aliphatic carbocycles. The SMILES string of the molecule is Cc1nc(-c2ccc(F)cc2)c(CC(=O)N(Cc2nc3ccccc3c(=O)[nH]2)C[C@H]2CCCO2)s1. The number of fused-ring (bicyclic) bond motifs is 1. The summed E-state index contributed by atoms with van der Waals surface area (Å²) in [7, 11) is 0. The number of nitrogens with zero attached hydrogens (tertiary/aromatic N) is 3. The quantitative estimate of drug-likeness (QED) is 0.417. The number of H-pyrrole nitrogens is 1. The Balaban J connectivity index is 1.42. The summed E-state index contributed by atoms with van der Waals surface area (Å²) in [6.07, 6.45) is 1.93. The van der Waals surface area contributed by atoms with Crippen molar-refractivity contribution in [3.05, 3.63) is 80.4 Å². The van der Waals surface area contributed by atoms with Gasteiger partial charge in [-0.05, 0) is 56.2 Å². The van der Waals surface area contributed by atoms with Crippen LogP contribution in [0.4, 0.5) is 4.39 Å². The van der Waals surface area contributed by atoms with Gasteiger partial charge in [0.25, 0.3) is 5.56 Å². The molecule has 5 rings (SSSR count). The van der Waals surface area contributed by atoms with Gasteiger partial charge in [0.2, 0.25) is 5.91 Å². The van der Waals surface area contributed by atoms with Crippen LogP contribution in [-0.2, 0) is 22.5 Å². The molecule has 1 aliphatic heterocycles. The Labute approximate surface area is 205 Å². The molecular formula is C26H25FN4O3S. The molecule has 9 heteroatoms. The van der Waals surface area contributed by atoms with Gasteiger partial charge in [-0.1, -0.05) is 12.1 Å². The van der Waals surface area contributed by atoms with Crippen LogP contribution >= 0.6 is 11.3 Å². The highest BCUT2D eigenvalue weighted by Crippen LogP contribution is 2.29. The van der Waals surface area contributed by atoms with E-state index in [4.69, 9.17) is 4.74 Å². The van der Waals surface area contributed by atoms with E-state index in [0.717, 1.165) is 28.3 Å². The first-order chi connectivity index (χ1) is 17.0. The Morgan fingerprint density at radius 1 is 1.20 bits per heavy atom. The molecule has 0 bridgehead atoms. The van der Waals surface area contributed by atoms with E-state index in [1.807, 2.05) is 13.0 Å². The van der Waals surface area contributed by atoms with Crippen LogP contribution in [0.15, 0.2) is 53.3 Å². The molecule has 1 fully saturated rings. The van der Waals surface area contributed by atoms with E-state index in [-0.39, 0.29) is 36.4 Å². The summed E-state index contributed by atoms with van der Waals surface area (Å²) >= 11 is 1.46. The molecule has 0 unspecified atom stereocenters. The van der Waals surface area contributed by atoms with Gasteiger partial charge in [-0.15, -0.1) is 11.3 Å². The van der Waals surface area contributed by atoms with Gasteiger partial charge in [0.05, 0.1) is 40.7 Å². The number of aromatic amines is 1. The van der Waals surface area contributed by atoms with E-state index in [1.54, 1.807) is 35.2 Å². The Morgan fingerprint density at radius 3 is 2.77 bits per heavy atom. The first kappa shape index (κ1) is 23.3. The highest BCUT2D eigenvalue weighted by atomic mass is 32.1. The minimum atomic E-state index is -0.321. The second-order valence-corrected chi connectivity index (χ2v) is 9.92. The fourth-order valence-electron chi connectivity index (χ4n) is 4.35. The van der Waals surface area contributed by atoms with Crippen LogP contribution in [0.5, 0.6) is 0 Å². The lowest BCUT2D eigenvalue weighted by atomic mass is 10.1. The molecule has 7 nitrogen and oxygen atoms in total. The lowest BCUT2D eigenvalue weighted by molar-refractivity contribution is -0.132. The molecule has 0 saturated carbocycles. The van der Waals surface area contributed by atoms with Gasteiger partial charge in [-0.3, -0.25) is 9.59 Å². The highest BCUT2D eigenvalue weighted by molar-refractivity contribution is 7.12. The number of nitrogens with one attached hydrogen (secondary N) is 1. The molecule has 1 aliphatic rings. The molecule has 1 atom stereocenters. The van der Waals surface area contributed by atoms with Crippen molar-refractivity contribution in [2.75, 3.05) is 13.2 Å². The van der Waals surface area contributed by atoms with Gasteiger partial charge in [0.15, 0.2) is 0 Å². The summed E-state index contributed by atoms with van der Waals surface area (Å²) in [5.41, 5.74) is 1.82. The first-order valence-electron chi connectivity index (χ1n) is 11.6. The van der Waals surface area contributed by atoms with E-state index >= 15 is 0 Å². The maximum absolute atomic E-state index is 13.6. The standard InChI is InChI=1S/C26H25FN4O3S/c1-16-28-25(17-8-10-18(27)11-9-17)22(35-16)13-24(32)31(14-19-5-4-12-34-19)15-23-29-21-7-3-2-6-20(21)26(33)30-23/h2-3,6-11,19H,4-5,12-15H2,1H3,(H,29,30,33)/t19-/m1/s1. The van der Waals surface area contributed by atoms with Crippen molar-refractivity contribution in [1.82, 2.24) is 19.9 Å². The molecule has 2 aromatic heterocycles. The number of amides is 1. The Hall–Kier alpha value is -3.43. The zero-order valence-corrected chi connectivity index (χ0v) is 20.1. The Morgan fingerprint density at radius 2 is 2.00 bits per heavy atom. The molecular weight excluding hydrogens is 467 g/mol. The van der Waals surface area contributed by atoms with Crippen LogP contribution in [-0.4, -0.2) is 45.0 Å². The van der Waals surface area contributed by atoms with E-state index in [2.05, 4.69) is 15.0 Å². The van der Waals surface area contributed by atoms with Crippen molar-refractivity contribution < 1.29 is 13.9 Å². The van der Waals surface area contributed by atoms with Crippen molar-refractivity contribution in [1.29, 1.82) is 0 Å². The summed E-state index contributed by atoms with van der Waals surface area (Å²) in [5.74, 6) is 0.000512. The molecule has 4 aromatic rings. The Bertz CT molecular complexity index is 1410. The van der Waals surface area contributed by atoms with Gasteiger partial charge in [0, 0.05) is 23.6 Å². The van der Waals surface area contributed by atoms with Crippen LogP contribution in [0.1, 0.15) is 28.6 Å². The number of benzene rings is 2. The smallest absolute Gasteiger partial charge is 0.258 e. The number of aryl methyl sites for hydroxylation is 1. The van der Waals surface area contributed by atoms with Crippen LogP contribution in [0.3, 0.4) is 0 Å². The fraction of sp³-hybridized carbons (Fsp3) is 0.308. The second kappa shape index (κ2) is 10.1. The normalized spacial score (nSPS) is 15.5. The number of aromatic nitrogens is 3. The van der Waals surface area contributed by atoms with Gasteiger partial charge in [-0.25, -0.2) is 14.4 Å². The van der Waals surface area contributed by atoms with Crippen molar-refractivity contribution in [2.24, 2.45) is 0 Å². The van der Waals surface area contributed by atoms with Gasteiger partial charge in [0.1, 0.15) is 11.6 Å². The maximum atomic E-state index is 13.6. The molecule has 180 valence electrons. The third-order valence-electron chi connectivity index (χ3n) is 6.04. The topological polar surface area (TPSA) is 88.2 Å². The van der Waals surface area contributed by atoms with Crippen LogP contribution in [0.2, 0.25) is 0 Å². The third kappa shape index (κ3) is 5.31. The molecule has 0 radical (unpaired) electrons. The highest BCUT2D eigenvalue weighted by Gasteiger charge is 2.25.